The first-order valence-electron chi connectivity index (χ1n) is 8.73. The molecule has 0 saturated heterocycles. The van der Waals surface area contributed by atoms with Gasteiger partial charge in [-0.2, -0.15) is 0 Å². The Labute approximate surface area is 148 Å². The summed E-state index contributed by atoms with van der Waals surface area (Å²) in [6.07, 6.45) is 0.937. The van der Waals surface area contributed by atoms with Gasteiger partial charge in [0.05, 0.1) is 5.56 Å². The van der Waals surface area contributed by atoms with Gasteiger partial charge in [-0.1, -0.05) is 66.7 Å². The van der Waals surface area contributed by atoms with Crippen LogP contribution in [0.1, 0.15) is 79.1 Å². The highest BCUT2D eigenvalue weighted by molar-refractivity contribution is 5.90. The van der Waals surface area contributed by atoms with Gasteiger partial charge in [0.25, 0.3) is 0 Å². The summed E-state index contributed by atoms with van der Waals surface area (Å²) in [5.74, 6) is 0.523. The van der Waals surface area contributed by atoms with Crippen molar-refractivity contribution in [2.75, 3.05) is 0 Å². The van der Waals surface area contributed by atoms with E-state index in [1.807, 2.05) is 32.0 Å². The maximum Gasteiger partial charge on any atom is 0.343 e. The maximum absolute atomic E-state index is 12.6. The molecule has 1 rings (SSSR count). The van der Waals surface area contributed by atoms with Gasteiger partial charge in [-0.3, -0.25) is 0 Å². The molecule has 0 saturated carbocycles. The summed E-state index contributed by atoms with van der Waals surface area (Å²) in [6, 6.07) is 9.21. The van der Waals surface area contributed by atoms with Crippen molar-refractivity contribution in [1.29, 1.82) is 0 Å². The van der Waals surface area contributed by atoms with Gasteiger partial charge in [0, 0.05) is 5.41 Å². The van der Waals surface area contributed by atoms with Crippen molar-refractivity contribution >= 4 is 5.97 Å². The largest absolute Gasteiger partial charge is 0.427 e. The van der Waals surface area contributed by atoms with E-state index in [-0.39, 0.29) is 22.2 Å². The van der Waals surface area contributed by atoms with Crippen LogP contribution in [0.25, 0.3) is 0 Å². The molecule has 0 bridgehead atoms. The molecule has 0 fully saturated rings. The van der Waals surface area contributed by atoms with Crippen LogP contribution in [0.5, 0.6) is 0 Å². The van der Waals surface area contributed by atoms with Crippen molar-refractivity contribution in [1.82, 2.24) is 0 Å². The lowest BCUT2D eigenvalue weighted by atomic mass is 9.59. The normalized spacial score (nSPS) is 14.7. The first kappa shape index (κ1) is 20.5. The van der Waals surface area contributed by atoms with Crippen molar-refractivity contribution in [3.63, 3.8) is 0 Å². The van der Waals surface area contributed by atoms with Gasteiger partial charge in [0.2, 0.25) is 0 Å². The minimum absolute atomic E-state index is 0.0378. The molecular weight excluding hydrogens is 296 g/mol. The third-order valence-corrected chi connectivity index (χ3v) is 4.70. The Kier molecular flexibility index (Phi) is 6.08. The number of carbonyl (C=O) groups excluding carboxylic acids is 1. The first-order valence-corrected chi connectivity index (χ1v) is 8.73. The molecule has 1 aromatic rings. The average Bonchev–Trinajstić information content (AvgIpc) is 2.41. The molecule has 0 spiro atoms. The van der Waals surface area contributed by atoms with E-state index in [1.54, 1.807) is 12.1 Å². The molecule has 0 aliphatic rings. The summed E-state index contributed by atoms with van der Waals surface area (Å²) in [4.78, 5) is 12.6. The molecule has 0 aromatic heterocycles. The summed E-state index contributed by atoms with van der Waals surface area (Å²) >= 11 is 0. The van der Waals surface area contributed by atoms with Crippen molar-refractivity contribution in [3.05, 3.63) is 47.2 Å². The number of carbonyl (C=O) groups is 1. The van der Waals surface area contributed by atoms with E-state index >= 15 is 0 Å². The fraction of sp³-hybridized carbons (Fsp3) is 0.591. The molecule has 1 atom stereocenters. The SMILES string of the molecule is CC(C)=C(OC(=O)c1ccccc1)C(C)(CC(C)(C)C)C(C)(C)C. The summed E-state index contributed by atoms with van der Waals surface area (Å²) in [6.45, 7) is 19.6. The Balaban J connectivity index is 3.30. The Hall–Kier alpha value is -1.57. The van der Waals surface area contributed by atoms with Gasteiger partial charge in [0.15, 0.2) is 0 Å². The number of ether oxygens (including phenoxy) is 1. The third kappa shape index (κ3) is 4.96. The summed E-state index contributed by atoms with van der Waals surface area (Å²) in [7, 11) is 0. The van der Waals surface area contributed by atoms with E-state index in [0.717, 1.165) is 17.8 Å². The van der Waals surface area contributed by atoms with E-state index in [2.05, 4.69) is 48.5 Å². The topological polar surface area (TPSA) is 26.3 Å². The zero-order valence-electron chi connectivity index (χ0n) is 16.9. The fourth-order valence-electron chi connectivity index (χ4n) is 3.24. The van der Waals surface area contributed by atoms with Crippen LogP contribution in [0.3, 0.4) is 0 Å². The van der Waals surface area contributed by atoms with Crippen LogP contribution in [0.15, 0.2) is 41.7 Å². The molecule has 134 valence electrons. The molecule has 1 unspecified atom stereocenters. The Morgan fingerprint density at radius 3 is 1.79 bits per heavy atom. The van der Waals surface area contributed by atoms with Crippen LogP contribution in [0.4, 0.5) is 0 Å². The molecule has 1 aromatic carbocycles. The number of hydrogen-bond donors (Lipinski definition) is 0. The van der Waals surface area contributed by atoms with Crippen LogP contribution in [0, 0.1) is 16.2 Å². The van der Waals surface area contributed by atoms with Crippen LogP contribution in [-0.4, -0.2) is 5.97 Å². The fourth-order valence-corrected chi connectivity index (χ4v) is 3.24. The highest BCUT2D eigenvalue weighted by Crippen LogP contribution is 2.52. The van der Waals surface area contributed by atoms with Gasteiger partial charge in [0.1, 0.15) is 5.76 Å². The van der Waals surface area contributed by atoms with Crippen molar-refractivity contribution in [2.24, 2.45) is 16.2 Å². The van der Waals surface area contributed by atoms with Crippen molar-refractivity contribution in [3.8, 4) is 0 Å². The zero-order valence-corrected chi connectivity index (χ0v) is 16.9. The smallest absolute Gasteiger partial charge is 0.343 e. The number of rotatable bonds is 4. The quantitative estimate of drug-likeness (QED) is 0.457. The Bertz CT molecular complexity index is 593. The molecular formula is C22H34O2. The van der Waals surface area contributed by atoms with Crippen LogP contribution in [-0.2, 0) is 4.74 Å². The third-order valence-electron chi connectivity index (χ3n) is 4.70. The lowest BCUT2D eigenvalue weighted by Crippen LogP contribution is -2.40. The van der Waals surface area contributed by atoms with Crippen molar-refractivity contribution < 1.29 is 9.53 Å². The second kappa shape index (κ2) is 7.13. The molecule has 0 N–H and O–H groups in total. The summed E-state index contributed by atoms with van der Waals surface area (Å²) in [5.41, 5.74) is 1.49. The minimum Gasteiger partial charge on any atom is -0.427 e. The van der Waals surface area contributed by atoms with E-state index in [1.165, 1.54) is 0 Å². The second-order valence-electron chi connectivity index (χ2n) is 9.40. The van der Waals surface area contributed by atoms with Gasteiger partial charge < -0.3 is 4.74 Å². The Morgan fingerprint density at radius 2 is 1.42 bits per heavy atom. The number of esters is 1. The van der Waals surface area contributed by atoms with Gasteiger partial charge in [-0.05, 0) is 48.8 Å². The minimum atomic E-state index is -0.281. The van der Waals surface area contributed by atoms with E-state index in [9.17, 15) is 4.79 Å². The highest BCUT2D eigenvalue weighted by atomic mass is 16.5. The van der Waals surface area contributed by atoms with E-state index in [0.29, 0.717) is 5.56 Å². The van der Waals surface area contributed by atoms with E-state index in [4.69, 9.17) is 4.74 Å². The predicted octanol–water partition coefficient (Wildman–Crippen LogP) is 6.63. The van der Waals surface area contributed by atoms with Crippen LogP contribution >= 0.6 is 0 Å². The van der Waals surface area contributed by atoms with Gasteiger partial charge in [-0.25, -0.2) is 4.79 Å². The van der Waals surface area contributed by atoms with E-state index < -0.39 is 0 Å². The molecule has 0 radical (unpaired) electrons. The molecule has 2 nitrogen and oxygen atoms in total. The van der Waals surface area contributed by atoms with Crippen molar-refractivity contribution in [2.45, 2.75) is 68.7 Å². The molecule has 0 aliphatic carbocycles. The molecule has 0 heterocycles. The molecule has 24 heavy (non-hydrogen) atoms. The standard InChI is InChI=1S/C22H34O2/c1-16(2)18(24-19(23)17-13-11-10-12-14-17)22(9,21(6,7)8)15-20(3,4)5/h10-14H,15H2,1-9H3. The molecule has 0 amide bonds. The first-order chi connectivity index (χ1) is 10.8. The summed E-state index contributed by atoms with van der Waals surface area (Å²) < 4.78 is 5.98. The average molecular weight is 331 g/mol. The second-order valence-corrected chi connectivity index (χ2v) is 9.40. The monoisotopic (exact) mass is 330 g/mol. The number of benzene rings is 1. The van der Waals surface area contributed by atoms with Crippen LogP contribution < -0.4 is 0 Å². The Morgan fingerprint density at radius 1 is 0.917 bits per heavy atom. The van der Waals surface area contributed by atoms with Gasteiger partial charge in [-0.15, -0.1) is 0 Å². The zero-order chi connectivity index (χ0) is 18.8. The predicted molar refractivity (Wildman–Crippen MR) is 102 cm³/mol. The van der Waals surface area contributed by atoms with Crippen LogP contribution in [0.2, 0.25) is 0 Å². The summed E-state index contributed by atoms with van der Waals surface area (Å²) in [5, 5.41) is 0. The maximum atomic E-state index is 12.6. The number of allylic oxidation sites excluding steroid dienone is 2. The lowest BCUT2D eigenvalue weighted by Gasteiger charge is -2.47. The number of hydrogen-bond acceptors (Lipinski definition) is 2. The molecule has 2 heteroatoms. The highest BCUT2D eigenvalue weighted by Gasteiger charge is 2.45. The molecule has 0 aliphatic heterocycles. The lowest BCUT2D eigenvalue weighted by molar-refractivity contribution is 0.0169. The van der Waals surface area contributed by atoms with Gasteiger partial charge >= 0.3 is 5.97 Å².